The monoisotopic (exact) mass is 445 g/mol. The fraction of sp³-hybridized carbons (Fsp3) is 1.00. The van der Waals surface area contributed by atoms with Crippen LogP contribution in [0.4, 0.5) is 0 Å². The number of rotatable bonds is 0. The first-order chi connectivity index (χ1) is 5.21. The van der Waals surface area contributed by atoms with Crippen LogP contribution in [0.5, 0.6) is 0 Å². The van der Waals surface area contributed by atoms with Gasteiger partial charge in [0.05, 0.1) is 0 Å². The second-order valence-corrected chi connectivity index (χ2v) is 5.89. The Morgan fingerprint density at radius 3 is 1.69 bits per heavy atom. The maximum absolute atomic E-state index is 5.91. The van der Waals surface area contributed by atoms with Gasteiger partial charge in [0, 0.05) is 21.1 Å². The summed E-state index contributed by atoms with van der Waals surface area (Å²) in [6.45, 7) is 0. The Balaban J connectivity index is 0.00000144. The van der Waals surface area contributed by atoms with E-state index in [1.54, 1.807) is 0 Å². The molecular formula is C6H10Cl4N2Pt. The van der Waals surface area contributed by atoms with Gasteiger partial charge < -0.3 is 11.5 Å². The number of hydrogen-bond acceptors (Lipinski definition) is 2. The van der Waals surface area contributed by atoms with E-state index in [0.717, 1.165) is 6.42 Å². The summed E-state index contributed by atoms with van der Waals surface area (Å²) < 4.78 is -1.26. The van der Waals surface area contributed by atoms with Crippen LogP contribution in [0.3, 0.4) is 0 Å². The summed E-state index contributed by atoms with van der Waals surface area (Å²) in [6.07, 6.45) is 1.73. The van der Waals surface area contributed by atoms with Crippen molar-refractivity contribution >= 4 is 46.4 Å². The zero-order valence-electron chi connectivity index (χ0n) is 6.60. The molecular weight excluding hydrogens is 437 g/mol. The van der Waals surface area contributed by atoms with Gasteiger partial charge in [0.1, 0.15) is 5.00 Å². The Labute approximate surface area is 112 Å². The molecule has 1 aliphatic carbocycles. The average molecular weight is 447 g/mol. The molecule has 7 heteroatoms. The van der Waals surface area contributed by atoms with Gasteiger partial charge in [0.15, 0.2) is 9.33 Å². The average Bonchev–Trinajstić information content (AvgIpc) is 1.83. The smallest absolute Gasteiger partial charge is 0.156 e. The minimum absolute atomic E-state index is 0. The molecule has 2 nitrogen and oxygen atoms in total. The minimum Gasteiger partial charge on any atom is -0.310 e. The van der Waals surface area contributed by atoms with Crippen molar-refractivity contribution in [2.45, 2.75) is 33.6 Å². The van der Waals surface area contributed by atoms with E-state index in [0.29, 0.717) is 12.8 Å². The zero-order chi connectivity index (χ0) is 9.62. The van der Waals surface area contributed by atoms with Gasteiger partial charge in [-0.05, 0) is 19.3 Å². The van der Waals surface area contributed by atoms with E-state index in [1.165, 1.54) is 0 Å². The fourth-order valence-corrected chi connectivity index (χ4v) is 2.42. The van der Waals surface area contributed by atoms with Gasteiger partial charge in [-0.1, -0.05) is 46.4 Å². The Morgan fingerprint density at radius 2 is 1.38 bits per heavy atom. The van der Waals surface area contributed by atoms with E-state index in [4.69, 9.17) is 57.9 Å². The molecule has 4 N–H and O–H groups in total. The van der Waals surface area contributed by atoms with Gasteiger partial charge in [-0.25, -0.2) is 0 Å². The van der Waals surface area contributed by atoms with Crippen LogP contribution >= 0.6 is 46.4 Å². The van der Waals surface area contributed by atoms with E-state index in [1.807, 2.05) is 0 Å². The van der Waals surface area contributed by atoms with Crippen LogP contribution in [0.15, 0.2) is 0 Å². The number of hydrogen-bond donors (Lipinski definition) is 2. The second kappa shape index (κ2) is 4.33. The van der Waals surface area contributed by atoms with E-state index in [9.17, 15) is 0 Å². The van der Waals surface area contributed by atoms with Crippen LogP contribution in [-0.2, 0) is 21.1 Å². The van der Waals surface area contributed by atoms with Crippen LogP contribution < -0.4 is 11.5 Å². The van der Waals surface area contributed by atoms with Crippen molar-refractivity contribution in [2.75, 3.05) is 0 Å². The van der Waals surface area contributed by atoms with Crippen molar-refractivity contribution in [3.63, 3.8) is 0 Å². The Kier molecular flexibility index (Phi) is 4.92. The molecule has 1 fully saturated rings. The third-order valence-electron chi connectivity index (χ3n) is 2.17. The molecule has 0 aliphatic heterocycles. The van der Waals surface area contributed by atoms with Crippen LogP contribution in [0, 0.1) is 0 Å². The largest absolute Gasteiger partial charge is 0.310 e. The molecule has 0 unspecified atom stereocenters. The third-order valence-corrected chi connectivity index (χ3v) is 4.58. The molecule has 0 amide bonds. The van der Waals surface area contributed by atoms with Gasteiger partial charge in [-0.2, -0.15) is 0 Å². The molecule has 0 radical (unpaired) electrons. The summed E-state index contributed by atoms with van der Waals surface area (Å²) in [5.41, 5.74) is 11.3. The van der Waals surface area contributed by atoms with Gasteiger partial charge in [0.2, 0.25) is 0 Å². The maximum atomic E-state index is 5.91. The molecule has 2 atom stereocenters. The predicted octanol–water partition coefficient (Wildman–Crippen LogP) is 2.13. The molecule has 0 aromatic carbocycles. The SMILES string of the molecule is N[C@]1(Cl)CCCC(Cl)(Cl)[C@@]1(N)Cl.[Pt]. The molecule has 0 heterocycles. The molecule has 0 spiro atoms. The standard InChI is InChI=1S/C6H10Cl4N2.Pt/c7-4(8)2-1-3-5(9,11)6(4,10)12;/h1-3,11-12H2;/t5-,6+;/m1./s1. The quantitative estimate of drug-likeness (QED) is 0.442. The summed E-state index contributed by atoms with van der Waals surface area (Å²) in [6, 6.07) is 0. The van der Waals surface area contributed by atoms with E-state index >= 15 is 0 Å². The minimum atomic E-state index is -1.48. The van der Waals surface area contributed by atoms with Crippen LogP contribution in [0.1, 0.15) is 19.3 Å². The molecule has 1 aliphatic rings. The second-order valence-electron chi connectivity index (χ2n) is 3.13. The molecule has 1 saturated carbocycles. The normalized spacial score (nSPS) is 43.8. The summed E-state index contributed by atoms with van der Waals surface area (Å²) >= 11 is 23.6. The molecule has 82 valence electrons. The number of alkyl halides is 4. The molecule has 1 rings (SSSR count). The van der Waals surface area contributed by atoms with Crippen LogP contribution in [0.2, 0.25) is 0 Å². The van der Waals surface area contributed by atoms with Crippen molar-refractivity contribution in [1.29, 1.82) is 0 Å². The molecule has 0 aromatic heterocycles. The molecule has 0 bridgehead atoms. The summed E-state index contributed by atoms with van der Waals surface area (Å²) in [7, 11) is 0. The van der Waals surface area contributed by atoms with Crippen LogP contribution in [0.25, 0.3) is 0 Å². The van der Waals surface area contributed by atoms with Gasteiger partial charge in [0.25, 0.3) is 0 Å². The Morgan fingerprint density at radius 1 is 0.923 bits per heavy atom. The van der Waals surface area contributed by atoms with Crippen molar-refractivity contribution in [3.8, 4) is 0 Å². The molecule has 0 aromatic rings. The van der Waals surface area contributed by atoms with E-state index in [2.05, 4.69) is 0 Å². The Hall–Kier alpha value is 1.77. The van der Waals surface area contributed by atoms with E-state index < -0.39 is 14.3 Å². The van der Waals surface area contributed by atoms with Crippen molar-refractivity contribution < 1.29 is 21.1 Å². The number of nitrogens with two attached hydrogens (primary N) is 2. The summed E-state index contributed by atoms with van der Waals surface area (Å²) in [5.74, 6) is 0. The summed E-state index contributed by atoms with van der Waals surface area (Å²) in [5, 5.41) is 0. The maximum Gasteiger partial charge on any atom is 0.156 e. The van der Waals surface area contributed by atoms with Gasteiger partial charge in [-0.15, -0.1) is 0 Å². The van der Waals surface area contributed by atoms with Crippen molar-refractivity contribution in [2.24, 2.45) is 11.5 Å². The molecule has 13 heavy (non-hydrogen) atoms. The fourth-order valence-electron chi connectivity index (χ4n) is 1.24. The van der Waals surface area contributed by atoms with Crippen LogP contribution in [-0.4, -0.2) is 14.3 Å². The predicted molar refractivity (Wildman–Crippen MR) is 53.8 cm³/mol. The first kappa shape index (κ1) is 14.8. The van der Waals surface area contributed by atoms with E-state index in [-0.39, 0.29) is 21.1 Å². The molecule has 0 saturated heterocycles. The topological polar surface area (TPSA) is 52.0 Å². The summed E-state index contributed by atoms with van der Waals surface area (Å²) in [4.78, 5) is -2.72. The first-order valence-corrected chi connectivity index (χ1v) is 5.05. The van der Waals surface area contributed by atoms with Gasteiger partial charge in [-0.3, -0.25) is 0 Å². The van der Waals surface area contributed by atoms with Crippen molar-refractivity contribution in [3.05, 3.63) is 0 Å². The Bertz CT molecular complexity index is 177. The van der Waals surface area contributed by atoms with Gasteiger partial charge >= 0.3 is 0 Å². The first-order valence-electron chi connectivity index (χ1n) is 3.54. The third kappa shape index (κ3) is 2.47. The van der Waals surface area contributed by atoms with Crippen molar-refractivity contribution in [1.82, 2.24) is 0 Å². The number of halogens is 4. The zero-order valence-corrected chi connectivity index (χ0v) is 11.9.